The van der Waals surface area contributed by atoms with Gasteiger partial charge < -0.3 is 5.11 Å². The average molecular weight is 268 g/mol. The molecule has 0 aliphatic carbocycles. The van der Waals surface area contributed by atoms with Crippen molar-refractivity contribution in [2.24, 2.45) is 0 Å². The first-order chi connectivity index (χ1) is 8.15. The second-order valence-corrected chi connectivity index (χ2v) is 6.49. The molecule has 0 radical (unpaired) electrons. The zero-order chi connectivity index (χ0) is 14.0. The van der Waals surface area contributed by atoms with E-state index < -0.39 is 15.6 Å². The van der Waals surface area contributed by atoms with Crippen molar-refractivity contribution in [3.8, 4) is 6.07 Å². The molecule has 0 bridgehead atoms. The van der Waals surface area contributed by atoms with E-state index >= 15 is 0 Å². The minimum atomic E-state index is -3.66. The fourth-order valence-electron chi connectivity index (χ4n) is 1.28. The summed E-state index contributed by atoms with van der Waals surface area (Å²) in [5.41, 5.74) is -0.0746. The molecule has 0 unspecified atom stereocenters. The number of nitrogens with zero attached hydrogens (tertiary/aromatic N) is 1. The molecule has 98 valence electrons. The van der Waals surface area contributed by atoms with Crippen molar-refractivity contribution in [2.45, 2.75) is 31.3 Å². The van der Waals surface area contributed by atoms with Crippen molar-refractivity contribution in [1.82, 2.24) is 4.72 Å². The first-order valence-electron chi connectivity index (χ1n) is 5.38. The Morgan fingerprint density at radius 2 is 2.06 bits per heavy atom. The molecule has 0 aliphatic rings. The average Bonchev–Trinajstić information content (AvgIpc) is 2.25. The fourth-order valence-corrected chi connectivity index (χ4v) is 2.57. The lowest BCUT2D eigenvalue weighted by atomic mass is 10.1. The summed E-state index contributed by atoms with van der Waals surface area (Å²) in [6.45, 7) is 4.63. The van der Waals surface area contributed by atoms with Gasteiger partial charge in [-0.1, -0.05) is 0 Å². The first-order valence-corrected chi connectivity index (χ1v) is 6.87. The largest absolute Gasteiger partial charge is 0.389 e. The van der Waals surface area contributed by atoms with E-state index in [0.29, 0.717) is 11.1 Å². The van der Waals surface area contributed by atoms with Gasteiger partial charge in [0.1, 0.15) is 0 Å². The van der Waals surface area contributed by atoms with Crippen molar-refractivity contribution in [2.75, 3.05) is 6.54 Å². The maximum Gasteiger partial charge on any atom is 0.240 e. The van der Waals surface area contributed by atoms with Crippen LogP contribution in [0.15, 0.2) is 23.1 Å². The van der Waals surface area contributed by atoms with Crippen molar-refractivity contribution in [3.05, 3.63) is 29.3 Å². The molecular weight excluding hydrogens is 252 g/mol. The van der Waals surface area contributed by atoms with Crippen LogP contribution in [0.1, 0.15) is 25.0 Å². The Balaban J connectivity index is 3.00. The van der Waals surface area contributed by atoms with Crippen molar-refractivity contribution < 1.29 is 13.5 Å². The summed E-state index contributed by atoms with van der Waals surface area (Å²) in [5, 5.41) is 18.3. The van der Waals surface area contributed by atoms with E-state index in [1.54, 1.807) is 6.92 Å². The van der Waals surface area contributed by atoms with Crippen molar-refractivity contribution in [3.63, 3.8) is 0 Å². The normalized spacial score (nSPS) is 12.2. The monoisotopic (exact) mass is 268 g/mol. The van der Waals surface area contributed by atoms with Gasteiger partial charge in [-0.2, -0.15) is 5.26 Å². The molecule has 0 saturated carbocycles. The van der Waals surface area contributed by atoms with Gasteiger partial charge in [0.2, 0.25) is 10.0 Å². The van der Waals surface area contributed by atoms with Gasteiger partial charge in [-0.3, -0.25) is 0 Å². The van der Waals surface area contributed by atoms with Crippen LogP contribution in [-0.2, 0) is 10.0 Å². The first kappa shape index (κ1) is 14.6. The van der Waals surface area contributed by atoms with Gasteiger partial charge in [-0.25, -0.2) is 13.1 Å². The highest BCUT2D eigenvalue weighted by atomic mass is 32.2. The Bertz CT molecular complexity index is 580. The molecule has 5 nitrogen and oxygen atoms in total. The van der Waals surface area contributed by atoms with E-state index in [1.807, 2.05) is 6.07 Å². The molecule has 0 heterocycles. The van der Waals surface area contributed by atoms with Gasteiger partial charge in [-0.15, -0.1) is 0 Å². The second kappa shape index (κ2) is 5.06. The van der Waals surface area contributed by atoms with Crippen LogP contribution in [0.25, 0.3) is 0 Å². The topological polar surface area (TPSA) is 90.2 Å². The Labute approximate surface area is 107 Å². The lowest BCUT2D eigenvalue weighted by molar-refractivity contribution is 0.0857. The molecule has 0 fully saturated rings. The van der Waals surface area contributed by atoms with E-state index in [9.17, 15) is 13.5 Å². The fraction of sp³-hybridized carbons (Fsp3) is 0.417. The quantitative estimate of drug-likeness (QED) is 0.849. The van der Waals surface area contributed by atoms with Crippen LogP contribution in [0.5, 0.6) is 0 Å². The molecule has 1 aromatic rings. The van der Waals surface area contributed by atoms with Gasteiger partial charge in [0.25, 0.3) is 0 Å². The molecule has 1 rings (SSSR count). The van der Waals surface area contributed by atoms with Crippen LogP contribution < -0.4 is 4.72 Å². The number of aliphatic hydroxyl groups is 1. The molecule has 0 aliphatic heterocycles. The predicted molar refractivity (Wildman–Crippen MR) is 67.4 cm³/mol. The van der Waals surface area contributed by atoms with Crippen LogP contribution in [0.4, 0.5) is 0 Å². The molecule has 0 saturated heterocycles. The lowest BCUT2D eigenvalue weighted by Crippen LogP contribution is -2.38. The summed E-state index contributed by atoms with van der Waals surface area (Å²) < 4.78 is 26.2. The van der Waals surface area contributed by atoms with E-state index in [4.69, 9.17) is 5.26 Å². The number of hydrogen-bond acceptors (Lipinski definition) is 4. The maximum atomic E-state index is 11.9. The Hall–Kier alpha value is -1.42. The van der Waals surface area contributed by atoms with Crippen LogP contribution >= 0.6 is 0 Å². The van der Waals surface area contributed by atoms with Crippen LogP contribution in [0, 0.1) is 18.3 Å². The zero-order valence-corrected chi connectivity index (χ0v) is 11.4. The number of nitriles is 1. The minimum Gasteiger partial charge on any atom is -0.389 e. The molecule has 6 heteroatoms. The number of rotatable bonds is 4. The standard InChI is InChI=1S/C12H16N2O3S/c1-9-6-11(5-4-10(9)7-13)18(16,17)14-8-12(2,3)15/h4-6,14-15H,8H2,1-3H3. The third kappa shape index (κ3) is 3.81. The molecule has 0 atom stereocenters. The summed E-state index contributed by atoms with van der Waals surface area (Å²) in [5.74, 6) is 0. The highest BCUT2D eigenvalue weighted by Gasteiger charge is 2.20. The third-order valence-electron chi connectivity index (χ3n) is 2.32. The van der Waals surface area contributed by atoms with E-state index in [0.717, 1.165) is 0 Å². The van der Waals surface area contributed by atoms with Gasteiger partial charge in [0, 0.05) is 6.54 Å². The second-order valence-electron chi connectivity index (χ2n) is 4.73. The molecule has 0 spiro atoms. The molecule has 0 amide bonds. The zero-order valence-electron chi connectivity index (χ0n) is 10.6. The third-order valence-corrected chi connectivity index (χ3v) is 3.72. The smallest absolute Gasteiger partial charge is 0.240 e. The Morgan fingerprint density at radius 1 is 1.44 bits per heavy atom. The van der Waals surface area contributed by atoms with Gasteiger partial charge in [0.05, 0.1) is 22.1 Å². The Kier molecular flexibility index (Phi) is 4.12. The molecule has 1 aromatic carbocycles. The van der Waals surface area contributed by atoms with Gasteiger partial charge >= 0.3 is 0 Å². The summed E-state index contributed by atoms with van der Waals surface area (Å²) >= 11 is 0. The van der Waals surface area contributed by atoms with Crippen molar-refractivity contribution >= 4 is 10.0 Å². The van der Waals surface area contributed by atoms with Crippen molar-refractivity contribution in [1.29, 1.82) is 5.26 Å². The van der Waals surface area contributed by atoms with E-state index in [1.165, 1.54) is 32.0 Å². The van der Waals surface area contributed by atoms with E-state index in [2.05, 4.69) is 4.72 Å². The summed E-state index contributed by atoms with van der Waals surface area (Å²) in [6, 6.07) is 6.25. The molecule has 0 aromatic heterocycles. The summed E-state index contributed by atoms with van der Waals surface area (Å²) in [6.07, 6.45) is 0. The number of aryl methyl sites for hydroxylation is 1. The molecule has 2 N–H and O–H groups in total. The van der Waals surface area contributed by atoms with Crippen LogP contribution in [0.3, 0.4) is 0 Å². The minimum absolute atomic E-state index is 0.0750. The number of nitrogens with one attached hydrogen (secondary N) is 1. The number of benzene rings is 1. The number of sulfonamides is 1. The Morgan fingerprint density at radius 3 is 2.50 bits per heavy atom. The number of hydrogen-bond donors (Lipinski definition) is 2. The molecule has 18 heavy (non-hydrogen) atoms. The lowest BCUT2D eigenvalue weighted by Gasteiger charge is -2.17. The summed E-state index contributed by atoms with van der Waals surface area (Å²) in [7, 11) is -3.66. The van der Waals surface area contributed by atoms with Crippen LogP contribution in [-0.4, -0.2) is 25.7 Å². The van der Waals surface area contributed by atoms with E-state index in [-0.39, 0.29) is 11.4 Å². The highest BCUT2D eigenvalue weighted by Crippen LogP contribution is 2.15. The van der Waals surface area contributed by atoms with Gasteiger partial charge in [0.15, 0.2) is 0 Å². The predicted octanol–water partition coefficient (Wildman–Crippen LogP) is 0.916. The SMILES string of the molecule is Cc1cc(S(=O)(=O)NCC(C)(C)O)ccc1C#N. The maximum absolute atomic E-state index is 11.9. The van der Waals surface area contributed by atoms with Crippen LogP contribution in [0.2, 0.25) is 0 Å². The van der Waals surface area contributed by atoms with Gasteiger partial charge in [-0.05, 0) is 44.5 Å². The molecular formula is C12H16N2O3S. The summed E-state index contributed by atoms with van der Waals surface area (Å²) in [4.78, 5) is 0.0863. The highest BCUT2D eigenvalue weighted by molar-refractivity contribution is 7.89.